The van der Waals surface area contributed by atoms with Crippen LogP contribution in [0.1, 0.15) is 16.7 Å². The largest absolute Gasteiger partial charge is 0.496 e. The zero-order valence-corrected chi connectivity index (χ0v) is 11.0. The number of aryl methyl sites for hydroxylation is 2. The van der Waals surface area contributed by atoms with Crippen LogP contribution in [0.2, 0.25) is 0 Å². The van der Waals surface area contributed by atoms with Gasteiger partial charge >= 0.3 is 6.09 Å². The summed E-state index contributed by atoms with van der Waals surface area (Å²) in [6, 6.07) is 4.04. The van der Waals surface area contributed by atoms with Gasteiger partial charge in [-0.3, -0.25) is 0 Å². The van der Waals surface area contributed by atoms with Crippen molar-refractivity contribution in [3.63, 3.8) is 0 Å². The van der Waals surface area contributed by atoms with E-state index in [4.69, 9.17) is 4.74 Å². The molecule has 0 aromatic heterocycles. The summed E-state index contributed by atoms with van der Waals surface area (Å²) in [6.45, 7) is 4.50. The van der Waals surface area contributed by atoms with Gasteiger partial charge in [-0.1, -0.05) is 6.07 Å². The minimum absolute atomic E-state index is 0.355. The molecule has 17 heavy (non-hydrogen) atoms. The Morgan fingerprint density at radius 2 is 1.94 bits per heavy atom. The Bertz CT molecular complexity index is 415. The van der Waals surface area contributed by atoms with E-state index in [1.54, 1.807) is 14.2 Å². The zero-order chi connectivity index (χ0) is 13.0. The first-order valence-corrected chi connectivity index (χ1v) is 5.42. The van der Waals surface area contributed by atoms with Gasteiger partial charge in [0.05, 0.1) is 20.8 Å². The second-order valence-electron chi connectivity index (χ2n) is 4.09. The maximum Gasteiger partial charge on any atom is 0.409 e. The number of rotatable bonds is 3. The number of hydrogen-bond donors (Lipinski definition) is 0. The van der Waals surface area contributed by atoms with E-state index in [-0.39, 0.29) is 6.09 Å². The van der Waals surface area contributed by atoms with Gasteiger partial charge < -0.3 is 14.4 Å². The van der Waals surface area contributed by atoms with Gasteiger partial charge in [-0.2, -0.15) is 0 Å². The van der Waals surface area contributed by atoms with Crippen LogP contribution in [-0.2, 0) is 11.3 Å². The zero-order valence-electron chi connectivity index (χ0n) is 11.0. The summed E-state index contributed by atoms with van der Waals surface area (Å²) < 4.78 is 10.0. The van der Waals surface area contributed by atoms with Crippen LogP contribution in [0.5, 0.6) is 5.75 Å². The van der Waals surface area contributed by atoms with Crippen LogP contribution >= 0.6 is 0 Å². The van der Waals surface area contributed by atoms with E-state index in [2.05, 4.69) is 10.8 Å². The number of ether oxygens (including phenoxy) is 2. The van der Waals surface area contributed by atoms with E-state index < -0.39 is 0 Å². The predicted molar refractivity (Wildman–Crippen MR) is 66.3 cm³/mol. The fourth-order valence-electron chi connectivity index (χ4n) is 1.80. The molecule has 0 aliphatic carbocycles. The Labute approximate surface area is 102 Å². The highest BCUT2D eigenvalue weighted by Gasteiger charge is 2.14. The standard InChI is InChI=1S/C13H19NO3/c1-9-6-10(2)11(12(7-9)16-4)8-14(3)13(15)17-5/h6-7H,8H2,1-5H3. The Hall–Kier alpha value is -1.71. The van der Waals surface area contributed by atoms with Crippen LogP contribution in [-0.4, -0.2) is 32.3 Å². The van der Waals surface area contributed by atoms with Crippen LogP contribution in [0, 0.1) is 13.8 Å². The number of benzene rings is 1. The lowest BCUT2D eigenvalue weighted by Crippen LogP contribution is -2.26. The summed E-state index contributed by atoms with van der Waals surface area (Å²) in [5.41, 5.74) is 3.26. The van der Waals surface area contributed by atoms with Crippen molar-refractivity contribution in [1.29, 1.82) is 0 Å². The maximum absolute atomic E-state index is 11.4. The highest BCUT2D eigenvalue weighted by atomic mass is 16.5. The molecule has 0 spiro atoms. The Morgan fingerprint density at radius 3 is 2.47 bits per heavy atom. The molecule has 0 fully saturated rings. The number of methoxy groups -OCH3 is 2. The summed E-state index contributed by atoms with van der Waals surface area (Å²) >= 11 is 0. The summed E-state index contributed by atoms with van der Waals surface area (Å²) in [6.07, 6.45) is -0.355. The van der Waals surface area contributed by atoms with Crippen LogP contribution < -0.4 is 4.74 Å². The highest BCUT2D eigenvalue weighted by Crippen LogP contribution is 2.25. The van der Waals surface area contributed by atoms with E-state index >= 15 is 0 Å². The van der Waals surface area contributed by atoms with Crippen molar-refractivity contribution >= 4 is 6.09 Å². The number of hydrogen-bond acceptors (Lipinski definition) is 3. The second kappa shape index (κ2) is 5.57. The first kappa shape index (κ1) is 13.4. The third-order valence-corrected chi connectivity index (χ3v) is 2.68. The van der Waals surface area contributed by atoms with Crippen molar-refractivity contribution < 1.29 is 14.3 Å². The Morgan fingerprint density at radius 1 is 1.29 bits per heavy atom. The summed E-state index contributed by atoms with van der Waals surface area (Å²) in [4.78, 5) is 12.9. The van der Waals surface area contributed by atoms with Crippen molar-refractivity contribution in [1.82, 2.24) is 4.90 Å². The first-order valence-electron chi connectivity index (χ1n) is 5.42. The average molecular weight is 237 g/mol. The molecule has 0 aliphatic rings. The molecular formula is C13H19NO3. The first-order chi connectivity index (χ1) is 7.99. The van der Waals surface area contributed by atoms with E-state index in [9.17, 15) is 4.79 Å². The van der Waals surface area contributed by atoms with Crippen LogP contribution in [0.4, 0.5) is 4.79 Å². The summed E-state index contributed by atoms with van der Waals surface area (Å²) in [5, 5.41) is 0. The molecule has 1 amide bonds. The SMILES string of the molecule is COC(=O)N(C)Cc1c(C)cc(C)cc1OC. The Balaban J connectivity index is 3.01. The lowest BCUT2D eigenvalue weighted by atomic mass is 10.0. The van der Waals surface area contributed by atoms with E-state index in [1.807, 2.05) is 19.9 Å². The van der Waals surface area contributed by atoms with Crippen molar-refractivity contribution in [3.8, 4) is 5.75 Å². The van der Waals surface area contributed by atoms with Gasteiger partial charge in [-0.15, -0.1) is 0 Å². The monoisotopic (exact) mass is 237 g/mol. The predicted octanol–water partition coefficient (Wildman–Crippen LogP) is 2.51. The molecule has 94 valence electrons. The number of nitrogens with zero attached hydrogens (tertiary/aromatic N) is 1. The molecule has 0 saturated heterocycles. The molecular weight excluding hydrogens is 218 g/mol. The molecule has 1 rings (SSSR count). The van der Waals surface area contributed by atoms with Crippen molar-refractivity contribution in [2.24, 2.45) is 0 Å². The normalized spacial score (nSPS) is 9.94. The molecule has 0 aliphatic heterocycles. The minimum Gasteiger partial charge on any atom is -0.496 e. The van der Waals surface area contributed by atoms with Crippen LogP contribution in [0.15, 0.2) is 12.1 Å². The van der Waals surface area contributed by atoms with E-state index in [0.29, 0.717) is 6.54 Å². The molecule has 1 aromatic rings. The molecule has 4 heteroatoms. The molecule has 0 saturated carbocycles. The summed E-state index contributed by atoms with van der Waals surface area (Å²) in [7, 11) is 4.71. The van der Waals surface area contributed by atoms with E-state index in [1.165, 1.54) is 12.0 Å². The highest BCUT2D eigenvalue weighted by molar-refractivity contribution is 5.67. The number of carbonyl (C=O) groups excluding carboxylic acids is 1. The van der Waals surface area contributed by atoms with Gasteiger partial charge in [0.25, 0.3) is 0 Å². The Kier molecular flexibility index (Phi) is 4.37. The molecule has 0 atom stereocenters. The number of amides is 1. The van der Waals surface area contributed by atoms with Crippen LogP contribution in [0.25, 0.3) is 0 Å². The van der Waals surface area contributed by atoms with E-state index in [0.717, 1.165) is 22.4 Å². The number of carbonyl (C=O) groups is 1. The lowest BCUT2D eigenvalue weighted by Gasteiger charge is -2.19. The van der Waals surface area contributed by atoms with Gasteiger partial charge in [0, 0.05) is 12.6 Å². The van der Waals surface area contributed by atoms with Gasteiger partial charge in [0.1, 0.15) is 5.75 Å². The topological polar surface area (TPSA) is 38.8 Å². The molecule has 4 nitrogen and oxygen atoms in total. The maximum atomic E-state index is 11.4. The van der Waals surface area contributed by atoms with Gasteiger partial charge in [0.15, 0.2) is 0 Å². The van der Waals surface area contributed by atoms with Crippen molar-refractivity contribution in [2.45, 2.75) is 20.4 Å². The molecule has 1 aromatic carbocycles. The lowest BCUT2D eigenvalue weighted by molar-refractivity contribution is 0.131. The van der Waals surface area contributed by atoms with Crippen molar-refractivity contribution in [3.05, 3.63) is 28.8 Å². The summed E-state index contributed by atoms with van der Waals surface area (Å²) in [5.74, 6) is 0.804. The van der Waals surface area contributed by atoms with Crippen molar-refractivity contribution in [2.75, 3.05) is 21.3 Å². The van der Waals surface area contributed by atoms with Gasteiger partial charge in [-0.05, 0) is 31.0 Å². The minimum atomic E-state index is -0.355. The fraction of sp³-hybridized carbons (Fsp3) is 0.462. The van der Waals surface area contributed by atoms with Crippen LogP contribution in [0.3, 0.4) is 0 Å². The smallest absolute Gasteiger partial charge is 0.409 e. The average Bonchev–Trinajstić information content (AvgIpc) is 2.30. The molecule has 0 N–H and O–H groups in total. The quantitative estimate of drug-likeness (QED) is 0.810. The molecule has 0 bridgehead atoms. The molecule has 0 unspecified atom stereocenters. The van der Waals surface area contributed by atoms with Gasteiger partial charge in [-0.25, -0.2) is 4.79 Å². The third-order valence-electron chi connectivity index (χ3n) is 2.68. The molecule has 0 radical (unpaired) electrons. The third kappa shape index (κ3) is 3.12. The van der Waals surface area contributed by atoms with Gasteiger partial charge in [0.2, 0.25) is 0 Å². The molecule has 0 heterocycles. The second-order valence-corrected chi connectivity index (χ2v) is 4.09. The fourth-order valence-corrected chi connectivity index (χ4v) is 1.80.